The van der Waals surface area contributed by atoms with E-state index in [0.717, 1.165) is 15.5 Å². The fourth-order valence-corrected chi connectivity index (χ4v) is 1.41. The largest absolute Gasteiger partial charge is 0.360 e. The number of fused-ring (bicyclic) bond motifs is 1. The Labute approximate surface area is 72.8 Å². The summed E-state index contributed by atoms with van der Waals surface area (Å²) in [6, 6.07) is 1.97. The number of hydrogen-bond donors (Lipinski definition) is 1. The Bertz CT molecular complexity index is 392. The lowest BCUT2D eigenvalue weighted by molar-refractivity contribution is 1.32. The molecule has 0 spiro atoms. The first-order valence-electron chi connectivity index (χ1n) is 3.37. The molecule has 2 aromatic heterocycles. The van der Waals surface area contributed by atoms with Gasteiger partial charge in [-0.25, -0.2) is 0 Å². The van der Waals surface area contributed by atoms with Crippen LogP contribution in [-0.4, -0.2) is 9.97 Å². The average molecular weight is 211 g/mol. The van der Waals surface area contributed by atoms with Crippen LogP contribution in [0.15, 0.2) is 22.9 Å². The molecule has 2 rings (SSSR count). The summed E-state index contributed by atoms with van der Waals surface area (Å²) in [6.07, 6.45) is 3.72. The number of aromatic amines is 1. The van der Waals surface area contributed by atoms with Gasteiger partial charge in [0.25, 0.3) is 0 Å². The zero-order valence-electron chi connectivity index (χ0n) is 6.06. The van der Waals surface area contributed by atoms with Crippen molar-refractivity contribution in [2.24, 2.45) is 0 Å². The first kappa shape index (κ1) is 6.85. The molecule has 0 saturated heterocycles. The highest BCUT2D eigenvalue weighted by atomic mass is 79.9. The minimum Gasteiger partial charge on any atom is -0.360 e. The fraction of sp³-hybridized carbons (Fsp3) is 0.125. The first-order chi connectivity index (χ1) is 5.29. The predicted molar refractivity (Wildman–Crippen MR) is 48.5 cm³/mol. The normalized spacial score (nSPS) is 10.7. The van der Waals surface area contributed by atoms with E-state index >= 15 is 0 Å². The number of pyridine rings is 1. The summed E-state index contributed by atoms with van der Waals surface area (Å²) in [6.45, 7) is 2.06. The maximum atomic E-state index is 4.22. The van der Waals surface area contributed by atoms with Crippen molar-refractivity contribution in [3.8, 4) is 0 Å². The van der Waals surface area contributed by atoms with E-state index < -0.39 is 0 Å². The van der Waals surface area contributed by atoms with Crippen LogP contribution in [0, 0.1) is 6.92 Å². The van der Waals surface area contributed by atoms with Gasteiger partial charge in [-0.1, -0.05) is 0 Å². The van der Waals surface area contributed by atoms with E-state index in [2.05, 4.69) is 32.8 Å². The van der Waals surface area contributed by atoms with Gasteiger partial charge in [0.1, 0.15) is 0 Å². The van der Waals surface area contributed by atoms with E-state index in [1.54, 1.807) is 0 Å². The van der Waals surface area contributed by atoms with Crippen LogP contribution in [-0.2, 0) is 0 Å². The number of aryl methyl sites for hydroxylation is 1. The SMILES string of the molecule is Cc1c(Br)cnc2cc[nH]c12. The number of nitrogens with one attached hydrogen (secondary N) is 1. The van der Waals surface area contributed by atoms with Crippen molar-refractivity contribution in [3.63, 3.8) is 0 Å². The van der Waals surface area contributed by atoms with Crippen LogP contribution in [0.2, 0.25) is 0 Å². The third-order valence-electron chi connectivity index (χ3n) is 1.78. The molecule has 2 aromatic rings. The first-order valence-corrected chi connectivity index (χ1v) is 4.16. The van der Waals surface area contributed by atoms with Crippen LogP contribution in [0.25, 0.3) is 11.0 Å². The number of aromatic nitrogens is 2. The molecule has 0 unspecified atom stereocenters. The molecule has 0 aliphatic heterocycles. The smallest absolute Gasteiger partial charge is 0.0882 e. The van der Waals surface area contributed by atoms with E-state index in [1.165, 1.54) is 5.56 Å². The monoisotopic (exact) mass is 210 g/mol. The van der Waals surface area contributed by atoms with Crippen LogP contribution in [0.4, 0.5) is 0 Å². The van der Waals surface area contributed by atoms with Gasteiger partial charge in [0.2, 0.25) is 0 Å². The van der Waals surface area contributed by atoms with Crippen molar-refractivity contribution >= 4 is 27.0 Å². The minimum atomic E-state index is 1.02. The lowest BCUT2D eigenvalue weighted by Crippen LogP contribution is -1.81. The molecule has 0 aliphatic carbocycles. The molecular weight excluding hydrogens is 204 g/mol. The van der Waals surface area contributed by atoms with Crippen LogP contribution in [0.3, 0.4) is 0 Å². The molecule has 2 nitrogen and oxygen atoms in total. The van der Waals surface area contributed by atoms with Crippen molar-refractivity contribution < 1.29 is 0 Å². The second-order valence-electron chi connectivity index (χ2n) is 2.47. The lowest BCUT2D eigenvalue weighted by atomic mass is 10.2. The Balaban J connectivity index is 2.93. The van der Waals surface area contributed by atoms with Crippen LogP contribution in [0.1, 0.15) is 5.56 Å². The molecular formula is C8H7BrN2. The quantitative estimate of drug-likeness (QED) is 0.712. The van der Waals surface area contributed by atoms with Gasteiger partial charge >= 0.3 is 0 Å². The van der Waals surface area contributed by atoms with E-state index in [9.17, 15) is 0 Å². The van der Waals surface area contributed by atoms with Crippen molar-refractivity contribution in [2.45, 2.75) is 6.92 Å². The van der Waals surface area contributed by atoms with Crippen molar-refractivity contribution in [1.29, 1.82) is 0 Å². The highest BCUT2D eigenvalue weighted by molar-refractivity contribution is 9.10. The van der Waals surface area contributed by atoms with Gasteiger partial charge in [-0.2, -0.15) is 0 Å². The third-order valence-corrected chi connectivity index (χ3v) is 2.57. The van der Waals surface area contributed by atoms with Crippen molar-refractivity contribution in [1.82, 2.24) is 9.97 Å². The third kappa shape index (κ3) is 0.959. The molecule has 0 aliphatic rings. The predicted octanol–water partition coefficient (Wildman–Crippen LogP) is 2.63. The molecule has 2 heterocycles. The Kier molecular flexibility index (Phi) is 1.46. The molecule has 0 saturated carbocycles. The number of halogens is 1. The Morgan fingerprint density at radius 2 is 2.36 bits per heavy atom. The van der Waals surface area contributed by atoms with Gasteiger partial charge in [0, 0.05) is 16.9 Å². The molecule has 0 amide bonds. The molecule has 0 radical (unpaired) electrons. The zero-order chi connectivity index (χ0) is 7.84. The van der Waals surface area contributed by atoms with Crippen molar-refractivity contribution in [2.75, 3.05) is 0 Å². The van der Waals surface area contributed by atoms with Gasteiger partial charge in [-0.15, -0.1) is 0 Å². The fourth-order valence-electron chi connectivity index (χ4n) is 1.11. The van der Waals surface area contributed by atoms with Gasteiger partial charge < -0.3 is 4.98 Å². The molecule has 11 heavy (non-hydrogen) atoms. The maximum absolute atomic E-state index is 4.22. The molecule has 0 bridgehead atoms. The summed E-state index contributed by atoms with van der Waals surface area (Å²) >= 11 is 3.42. The standard InChI is InChI=1S/C8H7BrN2/c1-5-6(9)4-11-7-2-3-10-8(5)7/h2-4,10H,1H3. The zero-order valence-corrected chi connectivity index (χ0v) is 7.64. The van der Waals surface area contributed by atoms with E-state index in [0.29, 0.717) is 0 Å². The highest BCUT2D eigenvalue weighted by Crippen LogP contribution is 2.21. The van der Waals surface area contributed by atoms with Gasteiger partial charge in [-0.3, -0.25) is 4.98 Å². The Hall–Kier alpha value is -0.830. The summed E-state index contributed by atoms with van der Waals surface area (Å²) in [5, 5.41) is 0. The number of rotatable bonds is 0. The lowest BCUT2D eigenvalue weighted by Gasteiger charge is -1.97. The Morgan fingerprint density at radius 1 is 1.55 bits per heavy atom. The second kappa shape index (κ2) is 2.34. The summed E-state index contributed by atoms with van der Waals surface area (Å²) in [5.74, 6) is 0. The number of hydrogen-bond acceptors (Lipinski definition) is 1. The minimum absolute atomic E-state index is 1.02. The number of nitrogens with zero attached hydrogens (tertiary/aromatic N) is 1. The summed E-state index contributed by atoms with van der Waals surface area (Å²) in [5.41, 5.74) is 3.34. The van der Waals surface area contributed by atoms with Gasteiger partial charge in [0.05, 0.1) is 11.0 Å². The van der Waals surface area contributed by atoms with E-state index in [1.807, 2.05) is 18.5 Å². The maximum Gasteiger partial charge on any atom is 0.0882 e. The molecule has 1 N–H and O–H groups in total. The summed E-state index contributed by atoms with van der Waals surface area (Å²) in [7, 11) is 0. The highest BCUT2D eigenvalue weighted by Gasteiger charge is 2.01. The molecule has 0 aromatic carbocycles. The van der Waals surface area contributed by atoms with Crippen LogP contribution in [0.5, 0.6) is 0 Å². The van der Waals surface area contributed by atoms with E-state index in [-0.39, 0.29) is 0 Å². The number of H-pyrrole nitrogens is 1. The Morgan fingerprint density at radius 3 is 3.18 bits per heavy atom. The topological polar surface area (TPSA) is 28.7 Å². The van der Waals surface area contributed by atoms with Crippen LogP contribution >= 0.6 is 15.9 Å². The molecule has 3 heteroatoms. The molecule has 0 fully saturated rings. The van der Waals surface area contributed by atoms with Crippen LogP contribution < -0.4 is 0 Å². The summed E-state index contributed by atoms with van der Waals surface area (Å²) < 4.78 is 1.05. The second-order valence-corrected chi connectivity index (χ2v) is 3.32. The van der Waals surface area contributed by atoms with Gasteiger partial charge in [-0.05, 0) is 34.5 Å². The molecule has 0 atom stereocenters. The van der Waals surface area contributed by atoms with E-state index in [4.69, 9.17) is 0 Å². The summed E-state index contributed by atoms with van der Waals surface area (Å²) in [4.78, 5) is 7.36. The molecule has 56 valence electrons. The van der Waals surface area contributed by atoms with Crippen molar-refractivity contribution in [3.05, 3.63) is 28.5 Å². The van der Waals surface area contributed by atoms with Gasteiger partial charge in [0.15, 0.2) is 0 Å². The average Bonchev–Trinajstić information content (AvgIpc) is 2.45.